The molecule has 0 fully saturated rings. The van der Waals surface area contributed by atoms with Crippen LogP contribution in [-0.2, 0) is 4.79 Å². The van der Waals surface area contributed by atoms with Crippen LogP contribution < -0.4 is 4.90 Å². The van der Waals surface area contributed by atoms with Crippen LogP contribution in [0.3, 0.4) is 0 Å². The third-order valence-corrected chi connectivity index (χ3v) is 3.69. The van der Waals surface area contributed by atoms with Crippen LogP contribution in [-0.4, -0.2) is 23.7 Å². The molecule has 1 aromatic heterocycles. The maximum Gasteiger partial charge on any atom is 0.305 e. The maximum absolute atomic E-state index is 10.7. The first kappa shape index (κ1) is 12.3. The van der Waals surface area contributed by atoms with Crippen LogP contribution in [0.25, 0.3) is 0 Å². The van der Waals surface area contributed by atoms with E-state index in [0.717, 1.165) is 5.00 Å². The molecule has 0 unspecified atom stereocenters. The molecule has 5 heteroatoms. The predicted octanol–water partition coefficient (Wildman–Crippen LogP) is 3.09. The zero-order valence-electron chi connectivity index (χ0n) is 8.95. The number of rotatable bonds is 4. The first-order valence-corrected chi connectivity index (χ1v) is 5.73. The summed E-state index contributed by atoms with van der Waals surface area (Å²) in [6.07, 6.45) is 0.0962. The fraction of sp³-hybridized carbons (Fsp3) is 0.500. The smallest absolute Gasteiger partial charge is 0.305 e. The lowest BCUT2D eigenvalue weighted by Gasteiger charge is -2.35. The van der Waals surface area contributed by atoms with Crippen LogP contribution >= 0.6 is 22.9 Å². The van der Waals surface area contributed by atoms with Gasteiger partial charge in [0.15, 0.2) is 0 Å². The first-order valence-electron chi connectivity index (χ1n) is 4.54. The second kappa shape index (κ2) is 4.41. The van der Waals surface area contributed by atoms with E-state index in [4.69, 9.17) is 16.7 Å². The third-order valence-electron chi connectivity index (χ3n) is 2.38. The highest BCUT2D eigenvalue weighted by atomic mass is 35.5. The fourth-order valence-electron chi connectivity index (χ4n) is 1.27. The van der Waals surface area contributed by atoms with Gasteiger partial charge in [0.1, 0.15) is 0 Å². The molecule has 0 saturated heterocycles. The van der Waals surface area contributed by atoms with E-state index in [1.165, 1.54) is 11.3 Å². The number of anilines is 1. The Morgan fingerprint density at radius 1 is 1.60 bits per heavy atom. The lowest BCUT2D eigenvalue weighted by Crippen LogP contribution is -2.42. The number of nitrogens with zero attached hydrogens (tertiary/aromatic N) is 1. The molecule has 84 valence electrons. The van der Waals surface area contributed by atoms with Crippen molar-refractivity contribution in [2.75, 3.05) is 11.9 Å². The Hall–Kier alpha value is -0.740. The van der Waals surface area contributed by atoms with Crippen molar-refractivity contribution in [3.8, 4) is 0 Å². The van der Waals surface area contributed by atoms with Gasteiger partial charge in [0.2, 0.25) is 0 Å². The zero-order chi connectivity index (χ0) is 11.6. The Bertz CT molecular complexity index is 362. The molecule has 0 bridgehead atoms. The first-order chi connectivity index (χ1) is 6.83. The lowest BCUT2D eigenvalue weighted by atomic mass is 9.99. The van der Waals surface area contributed by atoms with Crippen molar-refractivity contribution in [2.24, 2.45) is 0 Å². The molecule has 1 rings (SSSR count). The molecule has 1 heterocycles. The number of carbonyl (C=O) groups is 1. The highest BCUT2D eigenvalue weighted by molar-refractivity contribution is 7.19. The minimum atomic E-state index is -0.797. The van der Waals surface area contributed by atoms with E-state index < -0.39 is 11.5 Å². The quantitative estimate of drug-likeness (QED) is 0.889. The number of thiophene rings is 1. The summed E-state index contributed by atoms with van der Waals surface area (Å²) in [5, 5.41) is 9.78. The molecule has 0 aromatic carbocycles. The summed E-state index contributed by atoms with van der Waals surface area (Å²) in [4.78, 5) is 12.6. The lowest BCUT2D eigenvalue weighted by molar-refractivity contribution is -0.138. The second-order valence-corrected chi connectivity index (χ2v) is 5.71. The van der Waals surface area contributed by atoms with Gasteiger partial charge in [-0.2, -0.15) is 0 Å². The van der Waals surface area contributed by atoms with Crippen LogP contribution in [0.2, 0.25) is 4.34 Å². The van der Waals surface area contributed by atoms with Crippen LogP contribution in [0.5, 0.6) is 0 Å². The Morgan fingerprint density at radius 3 is 2.60 bits per heavy atom. The molecule has 0 spiro atoms. The van der Waals surface area contributed by atoms with Crippen molar-refractivity contribution < 1.29 is 9.90 Å². The standard InChI is InChI=1S/C10H14ClNO2S/c1-10(2,6-9(13)14)12(3)8-5-4-7(11)15-8/h4-5H,6H2,1-3H3,(H,13,14). The van der Waals surface area contributed by atoms with Gasteiger partial charge in [0.25, 0.3) is 0 Å². The summed E-state index contributed by atoms with van der Waals surface area (Å²) < 4.78 is 0.711. The van der Waals surface area contributed by atoms with Crippen LogP contribution in [0.1, 0.15) is 20.3 Å². The minimum Gasteiger partial charge on any atom is -0.481 e. The van der Waals surface area contributed by atoms with E-state index in [1.807, 2.05) is 37.9 Å². The maximum atomic E-state index is 10.7. The number of carboxylic acid groups (broad SMARTS) is 1. The minimum absolute atomic E-state index is 0.0962. The SMILES string of the molecule is CN(c1ccc(Cl)s1)C(C)(C)CC(=O)O. The second-order valence-electron chi connectivity index (χ2n) is 4.02. The van der Waals surface area contributed by atoms with Crippen LogP contribution in [0.15, 0.2) is 12.1 Å². The van der Waals surface area contributed by atoms with Crippen molar-refractivity contribution in [1.29, 1.82) is 0 Å². The molecule has 0 saturated carbocycles. The molecule has 0 amide bonds. The highest BCUT2D eigenvalue weighted by Crippen LogP contribution is 2.33. The molecule has 0 radical (unpaired) electrons. The van der Waals surface area contributed by atoms with E-state index in [1.54, 1.807) is 0 Å². The Labute approximate surface area is 98.3 Å². The van der Waals surface area contributed by atoms with Crippen molar-refractivity contribution in [3.63, 3.8) is 0 Å². The monoisotopic (exact) mass is 247 g/mol. The molecule has 15 heavy (non-hydrogen) atoms. The molecule has 1 N–H and O–H groups in total. The molecular formula is C10H14ClNO2S. The summed E-state index contributed by atoms with van der Waals surface area (Å²) in [5.74, 6) is -0.797. The zero-order valence-corrected chi connectivity index (χ0v) is 10.5. The van der Waals surface area contributed by atoms with Crippen molar-refractivity contribution >= 4 is 33.9 Å². The van der Waals surface area contributed by atoms with E-state index in [2.05, 4.69) is 0 Å². The third kappa shape index (κ3) is 3.11. The molecule has 0 atom stereocenters. The summed E-state index contributed by atoms with van der Waals surface area (Å²) in [6.45, 7) is 3.80. The summed E-state index contributed by atoms with van der Waals surface area (Å²) >= 11 is 7.28. The van der Waals surface area contributed by atoms with Crippen molar-refractivity contribution in [2.45, 2.75) is 25.8 Å². The number of carboxylic acids is 1. The average Bonchev–Trinajstić information content (AvgIpc) is 2.48. The van der Waals surface area contributed by atoms with Gasteiger partial charge in [-0.1, -0.05) is 11.6 Å². The van der Waals surface area contributed by atoms with Crippen LogP contribution in [0, 0.1) is 0 Å². The topological polar surface area (TPSA) is 40.5 Å². The van der Waals surface area contributed by atoms with Crippen LogP contribution in [0.4, 0.5) is 5.00 Å². The summed E-state index contributed by atoms with van der Waals surface area (Å²) in [5.41, 5.74) is -0.417. The Balaban J connectivity index is 2.83. The predicted molar refractivity (Wildman–Crippen MR) is 64.1 cm³/mol. The normalized spacial score (nSPS) is 11.5. The number of aliphatic carboxylic acids is 1. The fourth-order valence-corrected chi connectivity index (χ4v) is 2.43. The Kier molecular flexibility index (Phi) is 3.62. The van der Waals surface area contributed by atoms with Gasteiger partial charge in [-0.05, 0) is 26.0 Å². The van der Waals surface area contributed by atoms with E-state index in [0.29, 0.717) is 4.34 Å². The van der Waals surface area contributed by atoms with Gasteiger partial charge in [0, 0.05) is 12.6 Å². The molecule has 3 nitrogen and oxygen atoms in total. The van der Waals surface area contributed by atoms with Gasteiger partial charge < -0.3 is 10.0 Å². The van der Waals surface area contributed by atoms with E-state index in [9.17, 15) is 4.79 Å². The molecule has 1 aromatic rings. The van der Waals surface area contributed by atoms with Gasteiger partial charge in [-0.25, -0.2) is 0 Å². The van der Waals surface area contributed by atoms with Gasteiger partial charge >= 0.3 is 5.97 Å². The van der Waals surface area contributed by atoms with Crippen molar-refractivity contribution in [1.82, 2.24) is 0 Å². The highest BCUT2D eigenvalue weighted by Gasteiger charge is 2.27. The number of halogens is 1. The molecular weight excluding hydrogens is 234 g/mol. The van der Waals surface area contributed by atoms with Gasteiger partial charge in [0.05, 0.1) is 15.8 Å². The largest absolute Gasteiger partial charge is 0.481 e. The summed E-state index contributed by atoms with van der Waals surface area (Å²) in [6, 6.07) is 3.71. The average molecular weight is 248 g/mol. The van der Waals surface area contributed by atoms with Gasteiger partial charge in [-0.15, -0.1) is 11.3 Å². The van der Waals surface area contributed by atoms with E-state index in [-0.39, 0.29) is 6.42 Å². The number of hydrogen-bond acceptors (Lipinski definition) is 3. The Morgan fingerprint density at radius 2 is 2.20 bits per heavy atom. The van der Waals surface area contributed by atoms with Crippen molar-refractivity contribution in [3.05, 3.63) is 16.5 Å². The number of hydrogen-bond donors (Lipinski definition) is 1. The molecule has 0 aliphatic rings. The van der Waals surface area contributed by atoms with Gasteiger partial charge in [-0.3, -0.25) is 4.79 Å². The molecule has 0 aliphatic heterocycles. The molecule has 0 aliphatic carbocycles. The summed E-state index contributed by atoms with van der Waals surface area (Å²) in [7, 11) is 1.88. The van der Waals surface area contributed by atoms with E-state index >= 15 is 0 Å².